The molecule has 0 amide bonds. The summed E-state index contributed by atoms with van der Waals surface area (Å²) in [7, 11) is 0. The SMILES string of the molecule is CCOC(=O)C1(C#N)OC12CCC1C3CC=C4CC(OC(C)=O)CCC4(C)C3CCC12C. The number of epoxide rings is 1. The van der Waals surface area contributed by atoms with E-state index in [4.69, 9.17) is 14.2 Å². The summed E-state index contributed by atoms with van der Waals surface area (Å²) in [5.41, 5.74) is -0.703. The zero-order chi connectivity index (χ0) is 22.9. The van der Waals surface area contributed by atoms with Crippen LogP contribution in [-0.2, 0) is 23.8 Å². The quantitative estimate of drug-likeness (QED) is 0.365. The lowest BCUT2D eigenvalue weighted by Crippen LogP contribution is -2.53. The molecule has 0 aromatic heterocycles. The third-order valence-electron chi connectivity index (χ3n) is 10.1. The maximum Gasteiger partial charge on any atom is 0.356 e. The molecule has 4 fully saturated rings. The van der Waals surface area contributed by atoms with Gasteiger partial charge in [0.05, 0.1) is 6.61 Å². The number of carbonyl (C=O) groups excluding carboxylic acids is 2. The standard InChI is InChI=1S/C26H35NO5/c1-5-30-22(29)25(15-27)26(32-25)13-10-21-19-7-6-17-14-18(31-16(2)28)8-11-23(17,3)20(19)9-12-24(21,26)4/h6,18-21H,5,7-14H2,1-4H3. The highest BCUT2D eigenvalue weighted by Crippen LogP contribution is 2.75. The third-order valence-corrected chi connectivity index (χ3v) is 10.1. The summed E-state index contributed by atoms with van der Waals surface area (Å²) in [6, 6.07) is 2.22. The van der Waals surface area contributed by atoms with E-state index in [1.807, 2.05) is 0 Å². The summed E-state index contributed by atoms with van der Waals surface area (Å²) in [5, 5.41) is 9.98. The number of hydrogen-bond acceptors (Lipinski definition) is 6. The summed E-state index contributed by atoms with van der Waals surface area (Å²) in [4.78, 5) is 24.2. The molecule has 174 valence electrons. The maximum atomic E-state index is 12.7. The lowest BCUT2D eigenvalue weighted by molar-refractivity contribution is -0.149. The van der Waals surface area contributed by atoms with Crippen LogP contribution >= 0.6 is 0 Å². The van der Waals surface area contributed by atoms with Crippen molar-refractivity contribution in [2.24, 2.45) is 28.6 Å². The molecule has 0 radical (unpaired) electrons. The fourth-order valence-corrected chi connectivity index (χ4v) is 8.54. The van der Waals surface area contributed by atoms with Gasteiger partial charge in [-0.2, -0.15) is 5.26 Å². The van der Waals surface area contributed by atoms with E-state index in [2.05, 4.69) is 26.0 Å². The van der Waals surface area contributed by atoms with E-state index in [-0.39, 0.29) is 29.5 Å². The van der Waals surface area contributed by atoms with Crippen molar-refractivity contribution in [2.75, 3.05) is 6.61 Å². The summed E-state index contributed by atoms with van der Waals surface area (Å²) in [6.45, 7) is 8.20. The lowest BCUT2D eigenvalue weighted by Gasteiger charge is -2.57. The molecule has 0 aromatic rings. The monoisotopic (exact) mass is 441 g/mol. The molecule has 5 aliphatic rings. The van der Waals surface area contributed by atoms with Crippen molar-refractivity contribution in [1.82, 2.24) is 0 Å². The van der Waals surface area contributed by atoms with Crippen LogP contribution in [-0.4, -0.2) is 35.9 Å². The summed E-state index contributed by atoms with van der Waals surface area (Å²) >= 11 is 0. The van der Waals surface area contributed by atoms with Gasteiger partial charge in [0.2, 0.25) is 0 Å². The molecular formula is C26H35NO5. The Bertz CT molecular complexity index is 922. The van der Waals surface area contributed by atoms with E-state index >= 15 is 0 Å². The van der Waals surface area contributed by atoms with Crippen LogP contribution < -0.4 is 0 Å². The predicted molar refractivity (Wildman–Crippen MR) is 116 cm³/mol. The lowest BCUT2D eigenvalue weighted by atomic mass is 9.47. The van der Waals surface area contributed by atoms with Crippen molar-refractivity contribution in [1.29, 1.82) is 5.26 Å². The molecule has 5 rings (SSSR count). The Hall–Kier alpha value is -1.87. The minimum absolute atomic E-state index is 0.00710. The highest BCUT2D eigenvalue weighted by molar-refractivity contribution is 5.89. The summed E-state index contributed by atoms with van der Waals surface area (Å²) in [5.74, 6) is 0.867. The number of fused-ring (bicyclic) bond motifs is 6. The van der Waals surface area contributed by atoms with Crippen LogP contribution in [0.15, 0.2) is 11.6 Å². The van der Waals surface area contributed by atoms with Crippen molar-refractivity contribution in [2.45, 2.75) is 96.4 Å². The molecule has 1 aliphatic heterocycles. The number of carbonyl (C=O) groups is 2. The third kappa shape index (κ3) is 2.61. The molecular weight excluding hydrogens is 406 g/mol. The zero-order valence-corrected chi connectivity index (χ0v) is 19.7. The Labute approximate surface area is 190 Å². The summed E-state index contributed by atoms with van der Waals surface area (Å²) in [6.07, 6.45) is 10.1. The molecule has 32 heavy (non-hydrogen) atoms. The van der Waals surface area contributed by atoms with Crippen LogP contribution in [0.2, 0.25) is 0 Å². The van der Waals surface area contributed by atoms with Gasteiger partial charge < -0.3 is 14.2 Å². The van der Waals surface area contributed by atoms with Crippen LogP contribution in [0.4, 0.5) is 0 Å². The molecule has 3 saturated carbocycles. The fourth-order valence-electron chi connectivity index (χ4n) is 8.54. The van der Waals surface area contributed by atoms with E-state index in [0.717, 1.165) is 51.4 Å². The average Bonchev–Trinajstić information content (AvgIpc) is 3.34. The molecule has 4 aliphatic carbocycles. The highest BCUT2D eigenvalue weighted by Gasteiger charge is 2.86. The number of hydrogen-bond donors (Lipinski definition) is 0. The van der Waals surface area contributed by atoms with E-state index in [0.29, 0.717) is 17.8 Å². The minimum atomic E-state index is -1.43. The zero-order valence-electron chi connectivity index (χ0n) is 19.7. The molecule has 8 atom stereocenters. The largest absolute Gasteiger partial charge is 0.463 e. The van der Waals surface area contributed by atoms with Gasteiger partial charge in [0.1, 0.15) is 17.8 Å². The second-order valence-electron chi connectivity index (χ2n) is 11.2. The van der Waals surface area contributed by atoms with Crippen molar-refractivity contribution in [3.8, 4) is 6.07 Å². The molecule has 1 heterocycles. The van der Waals surface area contributed by atoms with E-state index < -0.39 is 17.2 Å². The first-order chi connectivity index (χ1) is 15.2. The van der Waals surface area contributed by atoms with E-state index in [9.17, 15) is 14.9 Å². The van der Waals surface area contributed by atoms with E-state index in [1.165, 1.54) is 12.5 Å². The predicted octanol–water partition coefficient (Wildman–Crippen LogP) is 4.48. The number of esters is 2. The van der Waals surface area contributed by atoms with Crippen LogP contribution in [0.5, 0.6) is 0 Å². The van der Waals surface area contributed by atoms with Crippen molar-refractivity contribution in [3.63, 3.8) is 0 Å². The highest BCUT2D eigenvalue weighted by atomic mass is 16.7. The normalized spacial score (nSPS) is 48.5. The van der Waals surface area contributed by atoms with Gasteiger partial charge in [-0.25, -0.2) is 4.79 Å². The first kappa shape index (κ1) is 21.9. The van der Waals surface area contributed by atoms with Crippen LogP contribution in [0.1, 0.15) is 79.1 Å². The van der Waals surface area contributed by atoms with Crippen LogP contribution in [0, 0.1) is 39.9 Å². The van der Waals surface area contributed by atoms with Crippen molar-refractivity contribution < 1.29 is 23.8 Å². The first-order valence-electron chi connectivity index (χ1n) is 12.3. The number of rotatable bonds is 3. The van der Waals surface area contributed by atoms with Crippen LogP contribution in [0.25, 0.3) is 0 Å². The van der Waals surface area contributed by atoms with Gasteiger partial charge in [0.15, 0.2) is 0 Å². The number of nitriles is 1. The van der Waals surface area contributed by atoms with Gasteiger partial charge in [0, 0.05) is 18.8 Å². The molecule has 0 bridgehead atoms. The number of allylic oxidation sites excluding steroid dienone is 1. The second-order valence-corrected chi connectivity index (χ2v) is 11.2. The number of ether oxygens (including phenoxy) is 3. The molecule has 6 heteroatoms. The number of nitrogens with zero attached hydrogens (tertiary/aromatic N) is 1. The van der Waals surface area contributed by atoms with Gasteiger partial charge in [-0.1, -0.05) is 25.5 Å². The average molecular weight is 442 g/mol. The second kappa shape index (κ2) is 7.06. The Morgan fingerprint density at radius 2 is 1.94 bits per heavy atom. The Kier molecular flexibility index (Phi) is 4.84. The minimum Gasteiger partial charge on any atom is -0.463 e. The Morgan fingerprint density at radius 1 is 1.19 bits per heavy atom. The molecule has 6 nitrogen and oxygen atoms in total. The van der Waals surface area contributed by atoms with Gasteiger partial charge >= 0.3 is 11.9 Å². The first-order valence-corrected chi connectivity index (χ1v) is 12.3. The smallest absolute Gasteiger partial charge is 0.356 e. The summed E-state index contributed by atoms with van der Waals surface area (Å²) < 4.78 is 17.0. The van der Waals surface area contributed by atoms with E-state index in [1.54, 1.807) is 6.92 Å². The molecule has 1 saturated heterocycles. The van der Waals surface area contributed by atoms with Crippen molar-refractivity contribution >= 4 is 11.9 Å². The molecule has 8 unspecified atom stereocenters. The topological polar surface area (TPSA) is 88.9 Å². The van der Waals surface area contributed by atoms with Gasteiger partial charge in [-0.15, -0.1) is 0 Å². The molecule has 0 N–H and O–H groups in total. The van der Waals surface area contributed by atoms with Gasteiger partial charge in [-0.3, -0.25) is 4.79 Å². The van der Waals surface area contributed by atoms with Crippen molar-refractivity contribution in [3.05, 3.63) is 11.6 Å². The maximum absolute atomic E-state index is 12.7. The van der Waals surface area contributed by atoms with Crippen LogP contribution in [0.3, 0.4) is 0 Å². The molecule has 0 aromatic carbocycles. The Balaban J connectivity index is 1.41. The van der Waals surface area contributed by atoms with Gasteiger partial charge in [-0.05, 0) is 75.0 Å². The molecule has 1 spiro atoms. The van der Waals surface area contributed by atoms with Gasteiger partial charge in [0.25, 0.3) is 5.60 Å². The fraction of sp³-hybridized carbons (Fsp3) is 0.808. The Morgan fingerprint density at radius 3 is 2.62 bits per heavy atom.